The van der Waals surface area contributed by atoms with Gasteiger partial charge in [0.2, 0.25) is 0 Å². The smallest absolute Gasteiger partial charge is 0.0645 e. The Labute approximate surface area is 90.6 Å². The lowest BCUT2D eigenvalue weighted by atomic mass is 10.0. The number of hydrogen-bond donors (Lipinski definition) is 0. The molecule has 0 aromatic rings. The third-order valence-corrected chi connectivity index (χ3v) is 2.06. The van der Waals surface area contributed by atoms with Crippen molar-refractivity contribution in [2.75, 3.05) is 26.8 Å². The maximum Gasteiger partial charge on any atom is 0.0645 e. The van der Waals surface area contributed by atoms with Crippen LogP contribution in [0.5, 0.6) is 0 Å². The van der Waals surface area contributed by atoms with Gasteiger partial charge in [0.25, 0.3) is 0 Å². The van der Waals surface area contributed by atoms with Crippen LogP contribution in [-0.4, -0.2) is 37.2 Å². The van der Waals surface area contributed by atoms with E-state index in [2.05, 4.69) is 39.6 Å². The molecule has 0 atom stereocenters. The molecule has 0 unspecified atom stereocenters. The number of nitrogens with zero attached hydrogens (tertiary/aromatic N) is 1. The van der Waals surface area contributed by atoms with Gasteiger partial charge >= 0.3 is 0 Å². The van der Waals surface area contributed by atoms with Gasteiger partial charge in [-0.2, -0.15) is 0 Å². The molecular formula is C12H29NO. The lowest BCUT2D eigenvalue weighted by Crippen LogP contribution is -2.50. The van der Waals surface area contributed by atoms with Crippen LogP contribution in [0, 0.1) is 0 Å². The maximum atomic E-state index is 5.31. The van der Waals surface area contributed by atoms with E-state index in [0.717, 1.165) is 19.8 Å². The molecule has 14 heavy (non-hydrogen) atoms. The van der Waals surface area contributed by atoms with Gasteiger partial charge in [0.1, 0.15) is 0 Å². The van der Waals surface area contributed by atoms with E-state index in [-0.39, 0.29) is 5.54 Å². The molecule has 2 heteroatoms. The Bertz CT molecular complexity index is 113. The summed E-state index contributed by atoms with van der Waals surface area (Å²) >= 11 is 0. The van der Waals surface area contributed by atoms with Gasteiger partial charge in [-0.15, -0.1) is 0 Å². The molecule has 2 nitrogen and oxygen atoms in total. The zero-order valence-electron chi connectivity index (χ0n) is 11.2. The van der Waals surface area contributed by atoms with Crippen LogP contribution in [-0.2, 0) is 4.74 Å². The zero-order valence-corrected chi connectivity index (χ0v) is 11.2. The summed E-state index contributed by atoms with van der Waals surface area (Å²) in [7, 11) is 2.14. The summed E-state index contributed by atoms with van der Waals surface area (Å²) in [4.78, 5) is 2.33. The highest BCUT2D eigenvalue weighted by Crippen LogP contribution is 2.15. The second-order valence-electron chi connectivity index (χ2n) is 3.99. The van der Waals surface area contributed by atoms with Gasteiger partial charge in [-0.25, -0.2) is 0 Å². The predicted molar refractivity (Wildman–Crippen MR) is 64.8 cm³/mol. The molecule has 0 spiro atoms. The van der Waals surface area contributed by atoms with Gasteiger partial charge < -0.3 is 4.74 Å². The van der Waals surface area contributed by atoms with E-state index in [0.29, 0.717) is 0 Å². The van der Waals surface area contributed by atoms with Crippen LogP contribution in [0.15, 0.2) is 0 Å². The van der Waals surface area contributed by atoms with Crippen LogP contribution >= 0.6 is 0 Å². The van der Waals surface area contributed by atoms with Crippen molar-refractivity contribution in [1.82, 2.24) is 4.90 Å². The molecule has 0 radical (unpaired) electrons. The first-order chi connectivity index (χ1) is 6.54. The largest absolute Gasteiger partial charge is 0.378 e. The first-order valence-electron chi connectivity index (χ1n) is 5.83. The molecule has 0 amide bonds. The Morgan fingerprint density at radius 1 is 1.21 bits per heavy atom. The van der Waals surface area contributed by atoms with Gasteiger partial charge in [-0.3, -0.25) is 4.90 Å². The molecule has 1 rings (SSSR count). The molecular weight excluding hydrogens is 174 g/mol. The van der Waals surface area contributed by atoms with E-state index < -0.39 is 0 Å². The van der Waals surface area contributed by atoms with Gasteiger partial charge in [0.05, 0.1) is 13.2 Å². The summed E-state index contributed by atoms with van der Waals surface area (Å²) in [5.74, 6) is 0. The van der Waals surface area contributed by atoms with Crippen molar-refractivity contribution in [2.45, 2.75) is 53.5 Å². The summed E-state index contributed by atoms with van der Waals surface area (Å²) in [5, 5.41) is 0. The second-order valence-corrected chi connectivity index (χ2v) is 3.99. The Kier molecular flexibility index (Phi) is 11.1. The van der Waals surface area contributed by atoms with Crippen molar-refractivity contribution in [2.24, 2.45) is 0 Å². The van der Waals surface area contributed by atoms with E-state index in [4.69, 9.17) is 4.74 Å². The van der Waals surface area contributed by atoms with Crippen molar-refractivity contribution in [3.05, 3.63) is 0 Å². The minimum absolute atomic E-state index is 0.248. The Hall–Kier alpha value is -0.0800. The lowest BCUT2D eigenvalue weighted by molar-refractivity contribution is -0.0372. The molecule has 1 fully saturated rings. The van der Waals surface area contributed by atoms with Crippen molar-refractivity contribution in [3.63, 3.8) is 0 Å². The van der Waals surface area contributed by atoms with Gasteiger partial charge in [-0.05, 0) is 20.9 Å². The molecule has 0 saturated carbocycles. The molecule has 0 aromatic carbocycles. The summed E-state index contributed by atoms with van der Waals surface area (Å²) in [5.41, 5.74) is 0.248. The fourth-order valence-corrected chi connectivity index (χ4v) is 0.936. The summed E-state index contributed by atoms with van der Waals surface area (Å²) in [6.45, 7) is 15.5. The van der Waals surface area contributed by atoms with E-state index in [1.165, 1.54) is 6.42 Å². The minimum atomic E-state index is 0.248. The topological polar surface area (TPSA) is 12.5 Å². The fourth-order valence-electron chi connectivity index (χ4n) is 0.936. The van der Waals surface area contributed by atoms with Crippen molar-refractivity contribution in [1.29, 1.82) is 0 Å². The van der Waals surface area contributed by atoms with Gasteiger partial charge in [-0.1, -0.05) is 34.1 Å². The summed E-state index contributed by atoms with van der Waals surface area (Å²) < 4.78 is 5.31. The molecule has 0 aromatic heterocycles. The van der Waals surface area contributed by atoms with E-state index in [1.807, 2.05) is 13.8 Å². The molecule has 88 valence electrons. The summed E-state index contributed by atoms with van der Waals surface area (Å²) in [6, 6.07) is 0. The first-order valence-corrected chi connectivity index (χ1v) is 5.83. The van der Waals surface area contributed by atoms with Crippen molar-refractivity contribution < 1.29 is 4.74 Å². The highest BCUT2D eigenvalue weighted by molar-refractivity contribution is 4.81. The van der Waals surface area contributed by atoms with Crippen molar-refractivity contribution >= 4 is 0 Å². The molecule has 1 saturated heterocycles. The zero-order chi connectivity index (χ0) is 11.6. The maximum absolute atomic E-state index is 5.31. The first kappa shape index (κ1) is 16.4. The highest BCUT2D eigenvalue weighted by Gasteiger charge is 2.26. The Morgan fingerprint density at radius 3 is 1.86 bits per heavy atom. The van der Waals surface area contributed by atoms with Crippen LogP contribution in [0.25, 0.3) is 0 Å². The standard InChI is InChI=1S/C7H15NO.C3H8.C2H6/c1-7(2)6-9-5-4-8(7)3;1-3-2;1-2/h4-6H2,1-3H3;3H2,1-2H3;1-2H3. The van der Waals surface area contributed by atoms with E-state index >= 15 is 0 Å². The normalized spacial score (nSPS) is 19.9. The van der Waals surface area contributed by atoms with E-state index in [9.17, 15) is 0 Å². The summed E-state index contributed by atoms with van der Waals surface area (Å²) in [6.07, 6.45) is 1.25. The fraction of sp³-hybridized carbons (Fsp3) is 1.00. The molecule has 1 heterocycles. The average molecular weight is 203 g/mol. The van der Waals surface area contributed by atoms with Crippen LogP contribution in [0.2, 0.25) is 0 Å². The van der Waals surface area contributed by atoms with Crippen LogP contribution in [0.1, 0.15) is 48.0 Å². The van der Waals surface area contributed by atoms with Gasteiger partial charge in [0.15, 0.2) is 0 Å². The SMILES string of the molecule is CC.CCC.CN1CCOCC1(C)C. The number of likely N-dealkylation sites (N-methyl/N-ethyl adjacent to an activating group) is 1. The molecule has 0 bridgehead atoms. The van der Waals surface area contributed by atoms with Crippen LogP contribution < -0.4 is 0 Å². The highest BCUT2D eigenvalue weighted by atomic mass is 16.5. The second kappa shape index (κ2) is 9.47. The molecule has 0 aliphatic carbocycles. The predicted octanol–water partition coefficient (Wildman–Crippen LogP) is 3.17. The molecule has 0 N–H and O–H groups in total. The monoisotopic (exact) mass is 203 g/mol. The number of morpholine rings is 1. The molecule has 1 aliphatic heterocycles. The average Bonchev–Trinajstić information content (AvgIpc) is 2.15. The Balaban J connectivity index is 0. The third-order valence-electron chi connectivity index (χ3n) is 2.06. The van der Waals surface area contributed by atoms with Gasteiger partial charge in [0, 0.05) is 12.1 Å². The number of hydrogen-bond acceptors (Lipinski definition) is 2. The quantitative estimate of drug-likeness (QED) is 0.599. The lowest BCUT2D eigenvalue weighted by Gasteiger charge is -2.39. The third kappa shape index (κ3) is 7.34. The molecule has 1 aliphatic rings. The Morgan fingerprint density at radius 2 is 1.64 bits per heavy atom. The van der Waals surface area contributed by atoms with E-state index in [1.54, 1.807) is 0 Å². The number of ether oxygens (including phenoxy) is 1. The van der Waals surface area contributed by atoms with Crippen LogP contribution in [0.3, 0.4) is 0 Å². The minimum Gasteiger partial charge on any atom is -0.378 e. The van der Waals surface area contributed by atoms with Crippen LogP contribution in [0.4, 0.5) is 0 Å². The van der Waals surface area contributed by atoms with Crippen molar-refractivity contribution in [3.8, 4) is 0 Å². The number of rotatable bonds is 0.